The first kappa shape index (κ1) is 9.36. The molecule has 5 heteroatoms. The molecule has 2 aliphatic heterocycles. The lowest BCUT2D eigenvalue weighted by atomic mass is 10.1. The third-order valence-corrected chi connectivity index (χ3v) is 2.26. The second kappa shape index (κ2) is 2.90. The number of ether oxygens (including phenoxy) is 3. The van der Waals surface area contributed by atoms with Gasteiger partial charge in [0, 0.05) is 0 Å². The van der Waals surface area contributed by atoms with Crippen LogP contribution in [0.25, 0.3) is 0 Å². The number of hydrogen-bond donors (Lipinski definition) is 2. The Morgan fingerprint density at radius 3 is 2.38 bits per heavy atom. The van der Waals surface area contributed by atoms with E-state index < -0.39 is 30.4 Å². The smallest absolute Gasteiger partial charge is 0.184 e. The van der Waals surface area contributed by atoms with Gasteiger partial charge in [-0.25, -0.2) is 0 Å². The third-order valence-electron chi connectivity index (χ3n) is 2.26. The van der Waals surface area contributed by atoms with E-state index in [-0.39, 0.29) is 6.61 Å². The number of aliphatic hydroxyl groups excluding tert-OH is 2. The highest BCUT2D eigenvalue weighted by atomic mass is 16.8. The molecule has 2 N–H and O–H groups in total. The van der Waals surface area contributed by atoms with E-state index in [1.807, 2.05) is 0 Å². The highest BCUT2D eigenvalue weighted by molar-refractivity contribution is 4.91. The minimum atomic E-state index is -1.00. The summed E-state index contributed by atoms with van der Waals surface area (Å²) in [5, 5.41) is 18.9. The largest absolute Gasteiger partial charge is 0.388 e. The van der Waals surface area contributed by atoms with Gasteiger partial charge in [0.05, 0.1) is 6.61 Å². The van der Waals surface area contributed by atoms with Crippen LogP contribution in [-0.2, 0) is 14.2 Å². The number of rotatable bonds is 0. The van der Waals surface area contributed by atoms with Crippen molar-refractivity contribution >= 4 is 0 Å². The van der Waals surface area contributed by atoms with E-state index in [1.54, 1.807) is 13.8 Å². The molecule has 0 aromatic heterocycles. The van der Waals surface area contributed by atoms with Gasteiger partial charge < -0.3 is 24.4 Å². The number of aliphatic hydroxyl groups is 2. The van der Waals surface area contributed by atoms with Crippen molar-refractivity contribution in [3.63, 3.8) is 0 Å². The zero-order valence-electron chi connectivity index (χ0n) is 7.64. The molecule has 2 saturated heterocycles. The Kier molecular flexibility index (Phi) is 2.08. The third kappa shape index (κ3) is 1.58. The van der Waals surface area contributed by atoms with Crippen molar-refractivity contribution in [2.24, 2.45) is 0 Å². The van der Waals surface area contributed by atoms with Crippen LogP contribution in [0.3, 0.4) is 0 Å². The summed E-state index contributed by atoms with van der Waals surface area (Å²) in [4.78, 5) is 0. The zero-order chi connectivity index (χ0) is 9.64. The molecule has 76 valence electrons. The maximum absolute atomic E-state index is 9.49. The predicted octanol–water partition coefficient (Wildman–Crippen LogP) is -0.784. The van der Waals surface area contributed by atoms with E-state index in [0.29, 0.717) is 0 Å². The second-order valence-corrected chi connectivity index (χ2v) is 3.86. The van der Waals surface area contributed by atoms with Gasteiger partial charge in [-0.3, -0.25) is 0 Å². The molecule has 0 bridgehead atoms. The van der Waals surface area contributed by atoms with Crippen LogP contribution in [-0.4, -0.2) is 47.2 Å². The first-order chi connectivity index (χ1) is 5.99. The maximum Gasteiger partial charge on any atom is 0.184 e. The minimum Gasteiger partial charge on any atom is -0.388 e. The molecule has 0 aromatic carbocycles. The van der Waals surface area contributed by atoms with E-state index >= 15 is 0 Å². The quantitative estimate of drug-likeness (QED) is 0.524. The van der Waals surface area contributed by atoms with Gasteiger partial charge in [-0.1, -0.05) is 0 Å². The van der Waals surface area contributed by atoms with E-state index in [1.165, 1.54) is 0 Å². The van der Waals surface area contributed by atoms with Crippen molar-refractivity contribution in [2.75, 3.05) is 6.61 Å². The molecule has 0 amide bonds. The fraction of sp³-hybridized carbons (Fsp3) is 1.00. The number of hydrogen-bond acceptors (Lipinski definition) is 5. The monoisotopic (exact) mass is 190 g/mol. The molecule has 0 aliphatic carbocycles. The van der Waals surface area contributed by atoms with Crippen molar-refractivity contribution in [3.8, 4) is 0 Å². The van der Waals surface area contributed by atoms with Gasteiger partial charge >= 0.3 is 0 Å². The average Bonchev–Trinajstić information content (AvgIpc) is 2.35. The Bertz CT molecular complexity index is 185. The summed E-state index contributed by atoms with van der Waals surface area (Å²) >= 11 is 0. The Morgan fingerprint density at radius 1 is 1.15 bits per heavy atom. The van der Waals surface area contributed by atoms with Gasteiger partial charge in [-0.2, -0.15) is 0 Å². The van der Waals surface area contributed by atoms with Crippen molar-refractivity contribution < 1.29 is 24.4 Å². The highest BCUT2D eigenvalue weighted by Crippen LogP contribution is 2.34. The average molecular weight is 190 g/mol. The molecular formula is C8H14O5. The summed E-state index contributed by atoms with van der Waals surface area (Å²) < 4.78 is 15.7. The van der Waals surface area contributed by atoms with Gasteiger partial charge in [-0.05, 0) is 13.8 Å². The summed E-state index contributed by atoms with van der Waals surface area (Å²) in [5.41, 5.74) is 0. The fourth-order valence-corrected chi connectivity index (χ4v) is 1.72. The Balaban J connectivity index is 2.14. The molecule has 0 aromatic rings. The van der Waals surface area contributed by atoms with Gasteiger partial charge in [0.15, 0.2) is 12.1 Å². The number of fused-ring (bicyclic) bond motifs is 1. The Hall–Kier alpha value is -0.200. The summed E-state index contributed by atoms with van der Waals surface area (Å²) in [6.45, 7) is 3.57. The molecule has 13 heavy (non-hydrogen) atoms. The van der Waals surface area contributed by atoms with E-state index in [9.17, 15) is 10.2 Å². The molecule has 0 radical (unpaired) electrons. The Labute approximate surface area is 76.2 Å². The van der Waals surface area contributed by atoms with Crippen LogP contribution in [0.4, 0.5) is 0 Å². The molecule has 2 heterocycles. The second-order valence-electron chi connectivity index (χ2n) is 3.86. The molecule has 2 aliphatic rings. The minimum absolute atomic E-state index is 0.0851. The first-order valence-electron chi connectivity index (χ1n) is 4.33. The van der Waals surface area contributed by atoms with Crippen molar-refractivity contribution in [2.45, 2.75) is 44.2 Å². The van der Waals surface area contributed by atoms with Crippen LogP contribution in [0, 0.1) is 0 Å². The van der Waals surface area contributed by atoms with Crippen molar-refractivity contribution in [1.82, 2.24) is 0 Å². The summed E-state index contributed by atoms with van der Waals surface area (Å²) in [6, 6.07) is 0. The summed E-state index contributed by atoms with van der Waals surface area (Å²) in [7, 11) is 0. The highest BCUT2D eigenvalue weighted by Gasteiger charge is 2.51. The molecular weight excluding hydrogens is 176 g/mol. The van der Waals surface area contributed by atoms with Crippen molar-refractivity contribution in [3.05, 3.63) is 0 Å². The van der Waals surface area contributed by atoms with E-state index in [4.69, 9.17) is 14.2 Å². The topological polar surface area (TPSA) is 68.2 Å². The normalized spacial score (nSPS) is 48.9. The molecule has 0 spiro atoms. The lowest BCUT2D eigenvalue weighted by molar-refractivity contribution is -0.225. The van der Waals surface area contributed by atoms with Gasteiger partial charge in [0.1, 0.15) is 18.3 Å². The van der Waals surface area contributed by atoms with Crippen LogP contribution >= 0.6 is 0 Å². The Morgan fingerprint density at radius 2 is 1.77 bits per heavy atom. The standard InChI is InChI=1S/C8H14O5/c1-8(2)12-5-4(9)3-11-7(10)6(5)13-8/h4-7,9-10H,3H2,1-2H3. The maximum atomic E-state index is 9.49. The van der Waals surface area contributed by atoms with Gasteiger partial charge in [-0.15, -0.1) is 0 Å². The summed E-state index contributed by atoms with van der Waals surface area (Å²) in [6.07, 6.45) is -2.80. The fourth-order valence-electron chi connectivity index (χ4n) is 1.72. The van der Waals surface area contributed by atoms with Gasteiger partial charge in [0.2, 0.25) is 0 Å². The lowest BCUT2D eigenvalue weighted by Gasteiger charge is -2.31. The molecule has 0 saturated carbocycles. The summed E-state index contributed by atoms with van der Waals surface area (Å²) in [5.74, 6) is -0.759. The molecule has 2 rings (SSSR count). The SMILES string of the molecule is CC1(C)OC2C(O)COC(O)C2O1. The van der Waals surface area contributed by atoms with Crippen LogP contribution in [0.15, 0.2) is 0 Å². The lowest BCUT2D eigenvalue weighted by Crippen LogP contribution is -2.51. The van der Waals surface area contributed by atoms with Gasteiger partial charge in [0.25, 0.3) is 0 Å². The van der Waals surface area contributed by atoms with Crippen LogP contribution in [0.2, 0.25) is 0 Å². The zero-order valence-corrected chi connectivity index (χ0v) is 7.64. The molecule has 2 fully saturated rings. The van der Waals surface area contributed by atoms with E-state index in [0.717, 1.165) is 0 Å². The van der Waals surface area contributed by atoms with E-state index in [2.05, 4.69) is 0 Å². The van der Waals surface area contributed by atoms with Crippen molar-refractivity contribution in [1.29, 1.82) is 0 Å². The molecule has 4 unspecified atom stereocenters. The van der Waals surface area contributed by atoms with Crippen LogP contribution in [0.5, 0.6) is 0 Å². The predicted molar refractivity (Wildman–Crippen MR) is 41.8 cm³/mol. The van der Waals surface area contributed by atoms with Crippen LogP contribution in [0.1, 0.15) is 13.8 Å². The first-order valence-corrected chi connectivity index (χ1v) is 4.33. The van der Waals surface area contributed by atoms with Crippen LogP contribution < -0.4 is 0 Å². The molecule has 4 atom stereocenters. The molecule has 5 nitrogen and oxygen atoms in total.